The Balaban J connectivity index is 2.48. The summed E-state index contributed by atoms with van der Waals surface area (Å²) < 4.78 is 0. The first kappa shape index (κ1) is 11.9. The summed E-state index contributed by atoms with van der Waals surface area (Å²) in [5.74, 6) is 1.40. The Hall–Kier alpha value is -0.220. The molecule has 2 unspecified atom stereocenters. The van der Waals surface area contributed by atoms with Crippen LogP contribution in [0.2, 0.25) is 0 Å². The first-order valence-electron chi connectivity index (χ1n) is 5.17. The van der Waals surface area contributed by atoms with Crippen LogP contribution in [0.5, 0.6) is 0 Å². The molecule has 0 radical (unpaired) electrons. The minimum Gasteiger partial charge on any atom is -0.481 e. The summed E-state index contributed by atoms with van der Waals surface area (Å²) in [6, 6.07) is 0.159. The summed E-state index contributed by atoms with van der Waals surface area (Å²) in [6.45, 7) is 5.90. The molecule has 82 valence electrons. The van der Waals surface area contributed by atoms with Gasteiger partial charge >= 0.3 is 5.97 Å². The maximum Gasteiger partial charge on any atom is 0.307 e. The van der Waals surface area contributed by atoms with Crippen molar-refractivity contribution in [1.82, 2.24) is 4.90 Å². The van der Waals surface area contributed by atoms with Crippen LogP contribution in [0.1, 0.15) is 20.3 Å². The Labute approximate surface area is 89.9 Å². The van der Waals surface area contributed by atoms with Crippen molar-refractivity contribution in [2.75, 3.05) is 24.6 Å². The van der Waals surface area contributed by atoms with Crippen molar-refractivity contribution >= 4 is 17.7 Å². The van der Waals surface area contributed by atoms with E-state index in [1.54, 1.807) is 6.92 Å². The molecule has 4 heteroatoms. The zero-order chi connectivity index (χ0) is 10.6. The Morgan fingerprint density at radius 1 is 1.36 bits per heavy atom. The zero-order valence-electron chi connectivity index (χ0n) is 8.90. The summed E-state index contributed by atoms with van der Waals surface area (Å²) in [6.07, 6.45) is 1.18. The van der Waals surface area contributed by atoms with Gasteiger partial charge in [-0.15, -0.1) is 0 Å². The van der Waals surface area contributed by atoms with Crippen LogP contribution in [0, 0.1) is 5.92 Å². The van der Waals surface area contributed by atoms with Crippen LogP contribution in [0.15, 0.2) is 0 Å². The molecule has 0 aromatic heterocycles. The lowest BCUT2D eigenvalue weighted by Gasteiger charge is -2.29. The zero-order valence-corrected chi connectivity index (χ0v) is 9.72. The fourth-order valence-electron chi connectivity index (χ4n) is 1.70. The Bertz CT molecular complexity index is 191. The van der Waals surface area contributed by atoms with Crippen LogP contribution in [-0.4, -0.2) is 46.6 Å². The molecule has 2 atom stereocenters. The van der Waals surface area contributed by atoms with E-state index >= 15 is 0 Å². The van der Waals surface area contributed by atoms with Gasteiger partial charge in [-0.2, -0.15) is 11.8 Å². The molecule has 0 saturated carbocycles. The van der Waals surface area contributed by atoms with Gasteiger partial charge in [-0.05, 0) is 25.6 Å². The molecule has 0 aromatic rings. The summed E-state index contributed by atoms with van der Waals surface area (Å²) >= 11 is 1.97. The molecule has 1 aliphatic heterocycles. The van der Waals surface area contributed by atoms with E-state index in [0.29, 0.717) is 0 Å². The highest BCUT2D eigenvalue weighted by molar-refractivity contribution is 7.99. The minimum absolute atomic E-state index is 0.159. The fourth-order valence-corrected chi connectivity index (χ4v) is 2.60. The molecule has 0 aromatic carbocycles. The highest BCUT2D eigenvalue weighted by Gasteiger charge is 2.25. The van der Waals surface area contributed by atoms with E-state index < -0.39 is 5.97 Å². The van der Waals surface area contributed by atoms with E-state index in [2.05, 4.69) is 4.90 Å². The van der Waals surface area contributed by atoms with Gasteiger partial charge in [-0.1, -0.05) is 6.92 Å². The maximum absolute atomic E-state index is 10.8. The molecule has 1 aliphatic rings. The number of thioether (sulfide) groups is 1. The Kier molecular flexibility index (Phi) is 4.75. The molecular weight excluding hydrogens is 198 g/mol. The van der Waals surface area contributed by atoms with Gasteiger partial charge in [-0.25, -0.2) is 0 Å². The van der Waals surface area contributed by atoms with E-state index in [-0.39, 0.29) is 12.0 Å². The molecule has 0 amide bonds. The van der Waals surface area contributed by atoms with Gasteiger partial charge in [0, 0.05) is 18.3 Å². The number of hydrogen-bond acceptors (Lipinski definition) is 3. The summed E-state index contributed by atoms with van der Waals surface area (Å²) in [5, 5.41) is 8.92. The molecule has 14 heavy (non-hydrogen) atoms. The average Bonchev–Trinajstić information content (AvgIpc) is 2.43. The van der Waals surface area contributed by atoms with E-state index in [0.717, 1.165) is 18.8 Å². The smallest absolute Gasteiger partial charge is 0.307 e. The standard InChI is InChI=1S/C10H19NO2S/c1-8(10(12)13)9(2)11-4-3-6-14-7-5-11/h8-9H,3-7H2,1-2H3,(H,12,13). The molecule has 1 saturated heterocycles. The number of nitrogens with zero attached hydrogens (tertiary/aromatic N) is 1. The first-order valence-corrected chi connectivity index (χ1v) is 6.33. The normalized spacial score (nSPS) is 23.9. The summed E-state index contributed by atoms with van der Waals surface area (Å²) in [7, 11) is 0. The number of hydrogen-bond donors (Lipinski definition) is 1. The molecule has 1 N–H and O–H groups in total. The van der Waals surface area contributed by atoms with Crippen molar-refractivity contribution in [2.24, 2.45) is 5.92 Å². The quantitative estimate of drug-likeness (QED) is 0.778. The van der Waals surface area contributed by atoms with Gasteiger partial charge in [0.2, 0.25) is 0 Å². The first-order chi connectivity index (χ1) is 6.63. The van der Waals surface area contributed by atoms with E-state index in [1.807, 2.05) is 18.7 Å². The van der Waals surface area contributed by atoms with Crippen LogP contribution in [0.3, 0.4) is 0 Å². The Morgan fingerprint density at radius 2 is 2.07 bits per heavy atom. The van der Waals surface area contributed by atoms with Gasteiger partial charge < -0.3 is 5.11 Å². The second-order valence-corrected chi connectivity index (χ2v) is 5.09. The molecule has 0 bridgehead atoms. The molecule has 3 nitrogen and oxygen atoms in total. The number of carbonyl (C=O) groups is 1. The topological polar surface area (TPSA) is 40.5 Å². The number of carboxylic acid groups (broad SMARTS) is 1. The summed E-state index contributed by atoms with van der Waals surface area (Å²) in [5.41, 5.74) is 0. The van der Waals surface area contributed by atoms with E-state index in [9.17, 15) is 4.79 Å². The van der Waals surface area contributed by atoms with Crippen LogP contribution >= 0.6 is 11.8 Å². The number of carboxylic acids is 1. The van der Waals surface area contributed by atoms with Crippen molar-refractivity contribution in [3.05, 3.63) is 0 Å². The van der Waals surface area contributed by atoms with Gasteiger partial charge in [-0.3, -0.25) is 9.69 Å². The van der Waals surface area contributed by atoms with Gasteiger partial charge in [0.25, 0.3) is 0 Å². The number of rotatable bonds is 3. The van der Waals surface area contributed by atoms with E-state index in [4.69, 9.17) is 5.11 Å². The molecule has 1 rings (SSSR count). The molecule has 0 aliphatic carbocycles. The van der Waals surface area contributed by atoms with Gasteiger partial charge in [0.15, 0.2) is 0 Å². The second-order valence-electron chi connectivity index (χ2n) is 3.87. The lowest BCUT2D eigenvalue weighted by atomic mass is 10.0. The molecule has 1 fully saturated rings. The largest absolute Gasteiger partial charge is 0.481 e. The van der Waals surface area contributed by atoms with Crippen molar-refractivity contribution in [3.8, 4) is 0 Å². The summed E-state index contributed by atoms with van der Waals surface area (Å²) in [4.78, 5) is 13.1. The van der Waals surface area contributed by atoms with Crippen molar-refractivity contribution in [3.63, 3.8) is 0 Å². The van der Waals surface area contributed by atoms with Gasteiger partial charge in [0.05, 0.1) is 5.92 Å². The van der Waals surface area contributed by atoms with E-state index in [1.165, 1.54) is 12.2 Å². The predicted octanol–water partition coefficient (Wildman–Crippen LogP) is 1.53. The number of aliphatic carboxylic acids is 1. The second kappa shape index (κ2) is 5.61. The maximum atomic E-state index is 10.8. The Morgan fingerprint density at radius 3 is 2.71 bits per heavy atom. The third-order valence-electron chi connectivity index (χ3n) is 2.95. The lowest BCUT2D eigenvalue weighted by Crippen LogP contribution is -2.41. The van der Waals surface area contributed by atoms with Crippen LogP contribution in [-0.2, 0) is 4.79 Å². The molecule has 1 heterocycles. The van der Waals surface area contributed by atoms with Crippen molar-refractivity contribution < 1.29 is 9.90 Å². The van der Waals surface area contributed by atoms with Crippen molar-refractivity contribution in [2.45, 2.75) is 26.3 Å². The van der Waals surface area contributed by atoms with Crippen LogP contribution in [0.4, 0.5) is 0 Å². The fraction of sp³-hybridized carbons (Fsp3) is 0.900. The average molecular weight is 217 g/mol. The minimum atomic E-state index is -0.686. The monoisotopic (exact) mass is 217 g/mol. The predicted molar refractivity (Wildman–Crippen MR) is 59.8 cm³/mol. The molecule has 0 spiro atoms. The third-order valence-corrected chi connectivity index (χ3v) is 3.99. The SMILES string of the molecule is CC(C(=O)O)C(C)N1CCCSCC1. The van der Waals surface area contributed by atoms with Gasteiger partial charge in [0.1, 0.15) is 0 Å². The van der Waals surface area contributed by atoms with Crippen molar-refractivity contribution in [1.29, 1.82) is 0 Å². The van der Waals surface area contributed by atoms with Crippen LogP contribution < -0.4 is 0 Å². The molecular formula is C10H19NO2S. The highest BCUT2D eigenvalue weighted by Crippen LogP contribution is 2.16. The van der Waals surface area contributed by atoms with Crippen LogP contribution in [0.25, 0.3) is 0 Å². The lowest BCUT2D eigenvalue weighted by molar-refractivity contribution is -0.143. The third kappa shape index (κ3) is 3.17. The highest BCUT2D eigenvalue weighted by atomic mass is 32.2.